The Balaban J connectivity index is 1.96. The average Bonchev–Trinajstić information content (AvgIpc) is 2.12. The van der Waals surface area contributed by atoms with E-state index in [0.717, 1.165) is 19.3 Å². The minimum absolute atomic E-state index is 0.291. The van der Waals surface area contributed by atoms with Gasteiger partial charge >= 0.3 is 5.97 Å². The average molecular weight is 195 g/mol. The van der Waals surface area contributed by atoms with E-state index in [1.165, 1.54) is 12.8 Å². The van der Waals surface area contributed by atoms with Crippen molar-refractivity contribution in [1.82, 2.24) is 0 Å². The van der Waals surface area contributed by atoms with E-state index in [4.69, 9.17) is 5.73 Å². The first-order chi connectivity index (χ1) is 6.61. The fourth-order valence-electron chi connectivity index (χ4n) is 4.33. The number of carbonyl (C=O) groups is 1. The number of hydrogen-bond donors (Lipinski definition) is 2. The molecule has 14 heavy (non-hydrogen) atoms. The number of rotatable bonds is 1. The van der Waals surface area contributed by atoms with Crippen molar-refractivity contribution in [2.45, 2.75) is 38.1 Å². The minimum atomic E-state index is -0.566. The molecular formula is C11H17NO2. The van der Waals surface area contributed by atoms with Gasteiger partial charge in [-0.15, -0.1) is 0 Å². The van der Waals surface area contributed by atoms with Gasteiger partial charge in [0.2, 0.25) is 0 Å². The zero-order valence-corrected chi connectivity index (χ0v) is 8.28. The molecule has 4 saturated carbocycles. The molecule has 0 radical (unpaired) electrons. The molecule has 4 rings (SSSR count). The van der Waals surface area contributed by atoms with Gasteiger partial charge in [0.05, 0.1) is 5.41 Å². The number of carboxylic acid groups (broad SMARTS) is 1. The standard InChI is InChI=1S/C11H17NO2/c12-9-7-1-6-2-8(9)5-11(3-6,4-7)10(13)14/h6-9H,1-5,12H2,(H,13,14)/t6?,7-,8+,9+,11?. The van der Waals surface area contributed by atoms with Crippen LogP contribution in [0.2, 0.25) is 0 Å². The maximum absolute atomic E-state index is 11.3. The Labute approximate surface area is 83.7 Å². The molecule has 0 aromatic carbocycles. The molecule has 0 aliphatic heterocycles. The molecule has 4 bridgehead atoms. The highest BCUT2D eigenvalue weighted by molar-refractivity contribution is 5.75. The minimum Gasteiger partial charge on any atom is -0.481 e. The van der Waals surface area contributed by atoms with E-state index in [0.29, 0.717) is 23.8 Å². The maximum atomic E-state index is 11.3. The van der Waals surface area contributed by atoms with E-state index in [9.17, 15) is 9.90 Å². The second-order valence-corrected chi connectivity index (χ2v) is 5.63. The SMILES string of the molecule is N[C@H]1[C@@H]2CC3C[C@H]1CC(C(=O)O)(C3)C2. The molecular weight excluding hydrogens is 178 g/mol. The van der Waals surface area contributed by atoms with Gasteiger partial charge in [0.25, 0.3) is 0 Å². The highest BCUT2D eigenvalue weighted by Gasteiger charge is 2.57. The lowest BCUT2D eigenvalue weighted by Gasteiger charge is -2.57. The third-order valence-electron chi connectivity index (χ3n) is 4.80. The zero-order chi connectivity index (χ0) is 9.92. The van der Waals surface area contributed by atoms with Crippen LogP contribution in [0.1, 0.15) is 32.1 Å². The summed E-state index contributed by atoms with van der Waals surface area (Å²) in [7, 11) is 0. The summed E-state index contributed by atoms with van der Waals surface area (Å²) in [5.74, 6) is 1.09. The van der Waals surface area contributed by atoms with E-state index >= 15 is 0 Å². The lowest BCUT2D eigenvalue weighted by molar-refractivity contribution is -0.166. The number of carboxylic acids is 1. The molecule has 0 saturated heterocycles. The Morgan fingerprint density at radius 2 is 1.79 bits per heavy atom. The third-order valence-corrected chi connectivity index (χ3v) is 4.80. The van der Waals surface area contributed by atoms with Gasteiger partial charge in [-0.1, -0.05) is 0 Å². The Bertz CT molecular complexity index is 273. The maximum Gasteiger partial charge on any atom is 0.309 e. The van der Waals surface area contributed by atoms with Gasteiger partial charge < -0.3 is 10.8 Å². The Kier molecular flexibility index (Phi) is 1.56. The molecule has 3 nitrogen and oxygen atoms in total. The van der Waals surface area contributed by atoms with Crippen LogP contribution in [0.4, 0.5) is 0 Å². The van der Waals surface area contributed by atoms with Crippen molar-refractivity contribution in [1.29, 1.82) is 0 Å². The molecule has 4 aliphatic rings. The lowest BCUT2D eigenvalue weighted by Crippen LogP contribution is -2.58. The van der Waals surface area contributed by atoms with Crippen LogP contribution in [0.15, 0.2) is 0 Å². The molecule has 2 unspecified atom stereocenters. The molecule has 0 spiro atoms. The first-order valence-electron chi connectivity index (χ1n) is 5.60. The Hall–Kier alpha value is -0.570. The first kappa shape index (κ1) is 8.72. The molecule has 4 fully saturated rings. The van der Waals surface area contributed by atoms with Crippen LogP contribution >= 0.6 is 0 Å². The Morgan fingerprint density at radius 1 is 1.21 bits per heavy atom. The van der Waals surface area contributed by atoms with Crippen LogP contribution in [0.5, 0.6) is 0 Å². The molecule has 0 aromatic rings. The van der Waals surface area contributed by atoms with Crippen LogP contribution in [0.25, 0.3) is 0 Å². The van der Waals surface area contributed by atoms with Crippen molar-refractivity contribution in [3.8, 4) is 0 Å². The van der Waals surface area contributed by atoms with Crippen LogP contribution in [-0.4, -0.2) is 17.1 Å². The van der Waals surface area contributed by atoms with Crippen LogP contribution < -0.4 is 5.73 Å². The molecule has 5 atom stereocenters. The summed E-state index contributed by atoms with van der Waals surface area (Å²) < 4.78 is 0. The number of hydrogen-bond acceptors (Lipinski definition) is 2. The molecule has 0 aromatic heterocycles. The van der Waals surface area contributed by atoms with Gasteiger partial charge in [0.1, 0.15) is 0 Å². The predicted molar refractivity (Wildman–Crippen MR) is 51.6 cm³/mol. The molecule has 0 amide bonds. The molecule has 3 heteroatoms. The Morgan fingerprint density at radius 3 is 2.29 bits per heavy atom. The molecule has 0 heterocycles. The second kappa shape index (κ2) is 2.51. The summed E-state index contributed by atoms with van der Waals surface area (Å²) in [5, 5.41) is 9.32. The highest BCUT2D eigenvalue weighted by atomic mass is 16.4. The van der Waals surface area contributed by atoms with E-state index in [-0.39, 0.29) is 5.41 Å². The van der Waals surface area contributed by atoms with E-state index in [1.807, 2.05) is 0 Å². The normalized spacial score (nSPS) is 54.9. The van der Waals surface area contributed by atoms with Crippen molar-refractivity contribution in [2.75, 3.05) is 0 Å². The second-order valence-electron chi connectivity index (χ2n) is 5.63. The summed E-state index contributed by atoms with van der Waals surface area (Å²) in [4.78, 5) is 11.3. The van der Waals surface area contributed by atoms with Crippen molar-refractivity contribution >= 4 is 5.97 Å². The van der Waals surface area contributed by atoms with Gasteiger partial charge in [-0.3, -0.25) is 4.79 Å². The van der Waals surface area contributed by atoms with E-state index in [1.54, 1.807) is 0 Å². The lowest BCUT2D eigenvalue weighted by atomic mass is 9.48. The van der Waals surface area contributed by atoms with Crippen LogP contribution in [0, 0.1) is 23.2 Å². The van der Waals surface area contributed by atoms with E-state index in [2.05, 4.69) is 0 Å². The number of aliphatic carboxylic acids is 1. The van der Waals surface area contributed by atoms with Crippen molar-refractivity contribution in [3.05, 3.63) is 0 Å². The van der Waals surface area contributed by atoms with Crippen LogP contribution in [0.3, 0.4) is 0 Å². The molecule has 4 aliphatic carbocycles. The quantitative estimate of drug-likeness (QED) is 0.661. The first-order valence-corrected chi connectivity index (χ1v) is 5.60. The van der Waals surface area contributed by atoms with Crippen molar-refractivity contribution in [3.63, 3.8) is 0 Å². The summed E-state index contributed by atoms with van der Waals surface area (Å²) in [6.45, 7) is 0. The fourth-order valence-corrected chi connectivity index (χ4v) is 4.33. The smallest absolute Gasteiger partial charge is 0.309 e. The van der Waals surface area contributed by atoms with Gasteiger partial charge in [-0.05, 0) is 49.9 Å². The van der Waals surface area contributed by atoms with Gasteiger partial charge in [0, 0.05) is 6.04 Å². The van der Waals surface area contributed by atoms with Gasteiger partial charge in [0.15, 0.2) is 0 Å². The van der Waals surface area contributed by atoms with Gasteiger partial charge in [-0.2, -0.15) is 0 Å². The van der Waals surface area contributed by atoms with Crippen LogP contribution in [-0.2, 0) is 4.79 Å². The summed E-state index contributed by atoms with van der Waals surface area (Å²) in [6, 6.07) is 0.291. The largest absolute Gasteiger partial charge is 0.481 e. The summed E-state index contributed by atoms with van der Waals surface area (Å²) in [5.41, 5.74) is 5.75. The third kappa shape index (κ3) is 0.937. The fraction of sp³-hybridized carbons (Fsp3) is 0.909. The summed E-state index contributed by atoms with van der Waals surface area (Å²) in [6.07, 6.45) is 4.98. The molecule has 78 valence electrons. The van der Waals surface area contributed by atoms with E-state index < -0.39 is 5.97 Å². The topological polar surface area (TPSA) is 63.3 Å². The molecule has 3 N–H and O–H groups in total. The predicted octanol–water partition coefficient (Wildman–Crippen LogP) is 1.22. The monoisotopic (exact) mass is 195 g/mol. The summed E-state index contributed by atoms with van der Waals surface area (Å²) >= 11 is 0. The number of nitrogens with two attached hydrogens (primary N) is 1. The van der Waals surface area contributed by atoms with Crippen molar-refractivity contribution in [2.24, 2.45) is 28.9 Å². The zero-order valence-electron chi connectivity index (χ0n) is 8.28. The highest BCUT2D eigenvalue weighted by Crippen LogP contribution is 2.59. The van der Waals surface area contributed by atoms with Gasteiger partial charge in [-0.25, -0.2) is 0 Å². The van der Waals surface area contributed by atoms with Crippen molar-refractivity contribution < 1.29 is 9.90 Å².